The summed E-state index contributed by atoms with van der Waals surface area (Å²) < 4.78 is 5.37. The van der Waals surface area contributed by atoms with Gasteiger partial charge in [0.15, 0.2) is 0 Å². The van der Waals surface area contributed by atoms with Crippen LogP contribution in [0.4, 0.5) is 5.88 Å². The number of hydrogen-bond acceptors (Lipinski definition) is 3. The van der Waals surface area contributed by atoms with Gasteiger partial charge in [-0.15, -0.1) is 0 Å². The van der Waals surface area contributed by atoms with Crippen LogP contribution in [0.5, 0.6) is 0 Å². The Balaban J connectivity index is 2.15. The highest BCUT2D eigenvalue weighted by molar-refractivity contribution is 5.33. The predicted molar refractivity (Wildman–Crippen MR) is 41.4 cm³/mol. The Morgan fingerprint density at radius 2 is 2.36 bits per heavy atom. The third-order valence-electron chi connectivity index (χ3n) is 1.72. The van der Waals surface area contributed by atoms with Gasteiger partial charge in [-0.2, -0.15) is 0 Å². The molecule has 0 bridgehead atoms. The summed E-state index contributed by atoms with van der Waals surface area (Å²) in [6.07, 6.45) is 1.08. The van der Waals surface area contributed by atoms with Crippen molar-refractivity contribution in [2.45, 2.75) is 13.3 Å². The minimum atomic E-state index is 0.805. The molecule has 1 fully saturated rings. The van der Waals surface area contributed by atoms with Crippen molar-refractivity contribution in [3.63, 3.8) is 0 Å². The van der Waals surface area contributed by atoms with E-state index in [1.807, 2.05) is 19.1 Å². The second kappa shape index (κ2) is 2.58. The van der Waals surface area contributed by atoms with Gasteiger partial charge in [0.1, 0.15) is 5.76 Å². The standard InChI is InChI=1S/C8H11NO2/c1-7-3-4-8(11-7)9-5-2-6-10-9/h3-4H,2,5-6H2,1H3. The molecule has 0 aromatic carbocycles. The molecule has 2 rings (SSSR count). The molecule has 0 saturated carbocycles. The fraction of sp³-hybridized carbons (Fsp3) is 0.500. The smallest absolute Gasteiger partial charge is 0.219 e. The quantitative estimate of drug-likeness (QED) is 0.614. The lowest BCUT2D eigenvalue weighted by atomic mass is 10.4. The van der Waals surface area contributed by atoms with Crippen molar-refractivity contribution >= 4 is 5.88 Å². The highest BCUT2D eigenvalue weighted by atomic mass is 16.7. The Morgan fingerprint density at radius 1 is 1.45 bits per heavy atom. The molecular weight excluding hydrogens is 142 g/mol. The molecule has 0 spiro atoms. The first-order chi connectivity index (χ1) is 5.36. The lowest BCUT2D eigenvalue weighted by Crippen LogP contribution is -2.14. The summed E-state index contributed by atoms with van der Waals surface area (Å²) in [6.45, 7) is 3.67. The molecule has 0 N–H and O–H groups in total. The number of hydrogen-bond donors (Lipinski definition) is 0. The predicted octanol–water partition coefficient (Wildman–Crippen LogP) is 1.73. The number of aryl methyl sites for hydroxylation is 1. The molecule has 1 aliphatic rings. The second-order valence-electron chi connectivity index (χ2n) is 2.67. The number of hydroxylamine groups is 1. The Hall–Kier alpha value is -0.960. The van der Waals surface area contributed by atoms with Gasteiger partial charge in [0.25, 0.3) is 0 Å². The van der Waals surface area contributed by atoms with Gasteiger partial charge in [0, 0.05) is 6.07 Å². The van der Waals surface area contributed by atoms with E-state index in [0.717, 1.165) is 31.2 Å². The third kappa shape index (κ3) is 1.24. The minimum absolute atomic E-state index is 0.805. The first kappa shape index (κ1) is 6.73. The molecule has 1 aromatic heterocycles. The number of nitrogens with zero attached hydrogens (tertiary/aromatic N) is 1. The Bertz CT molecular complexity index is 238. The average molecular weight is 153 g/mol. The molecule has 2 heterocycles. The Kier molecular flexibility index (Phi) is 1.58. The van der Waals surface area contributed by atoms with Crippen LogP contribution in [0.2, 0.25) is 0 Å². The van der Waals surface area contributed by atoms with Crippen molar-refractivity contribution in [2.24, 2.45) is 0 Å². The zero-order chi connectivity index (χ0) is 7.68. The Labute approximate surface area is 65.5 Å². The first-order valence-electron chi connectivity index (χ1n) is 3.83. The zero-order valence-electron chi connectivity index (χ0n) is 6.54. The van der Waals surface area contributed by atoms with Crippen molar-refractivity contribution in [3.05, 3.63) is 17.9 Å². The molecule has 0 radical (unpaired) electrons. The summed E-state index contributed by atoms with van der Waals surface area (Å²) in [5.74, 6) is 1.75. The average Bonchev–Trinajstić information content (AvgIpc) is 2.55. The molecule has 11 heavy (non-hydrogen) atoms. The zero-order valence-corrected chi connectivity index (χ0v) is 6.54. The van der Waals surface area contributed by atoms with E-state index in [2.05, 4.69) is 0 Å². The maximum atomic E-state index is 5.37. The van der Waals surface area contributed by atoms with E-state index < -0.39 is 0 Å². The Morgan fingerprint density at radius 3 is 2.91 bits per heavy atom. The molecule has 0 unspecified atom stereocenters. The van der Waals surface area contributed by atoms with Gasteiger partial charge in [0.2, 0.25) is 5.88 Å². The van der Waals surface area contributed by atoms with E-state index in [1.54, 1.807) is 5.06 Å². The maximum absolute atomic E-state index is 5.37. The molecule has 60 valence electrons. The molecule has 1 aliphatic heterocycles. The molecule has 0 amide bonds. The van der Waals surface area contributed by atoms with Crippen LogP contribution >= 0.6 is 0 Å². The van der Waals surface area contributed by atoms with Crippen molar-refractivity contribution < 1.29 is 9.25 Å². The lowest BCUT2D eigenvalue weighted by molar-refractivity contribution is 0.156. The summed E-state index contributed by atoms with van der Waals surface area (Å²) in [7, 11) is 0. The second-order valence-corrected chi connectivity index (χ2v) is 2.67. The van der Waals surface area contributed by atoms with Crippen LogP contribution in [-0.2, 0) is 4.84 Å². The van der Waals surface area contributed by atoms with E-state index in [1.165, 1.54) is 0 Å². The van der Waals surface area contributed by atoms with E-state index in [9.17, 15) is 0 Å². The molecule has 0 atom stereocenters. The maximum Gasteiger partial charge on any atom is 0.219 e. The van der Waals surface area contributed by atoms with Crippen molar-refractivity contribution in [1.82, 2.24) is 0 Å². The van der Waals surface area contributed by atoms with Crippen LogP contribution in [-0.4, -0.2) is 13.2 Å². The van der Waals surface area contributed by atoms with Crippen LogP contribution in [0, 0.1) is 6.92 Å². The van der Waals surface area contributed by atoms with E-state index in [0.29, 0.717) is 0 Å². The highest BCUT2D eigenvalue weighted by Crippen LogP contribution is 2.21. The monoisotopic (exact) mass is 153 g/mol. The minimum Gasteiger partial charge on any atom is -0.444 e. The van der Waals surface area contributed by atoms with Gasteiger partial charge in [-0.25, -0.2) is 5.06 Å². The molecule has 0 aliphatic carbocycles. The first-order valence-corrected chi connectivity index (χ1v) is 3.83. The van der Waals surface area contributed by atoms with Gasteiger partial charge >= 0.3 is 0 Å². The summed E-state index contributed by atoms with van der Waals surface area (Å²) >= 11 is 0. The fourth-order valence-corrected chi connectivity index (χ4v) is 1.18. The number of furan rings is 1. The van der Waals surface area contributed by atoms with E-state index >= 15 is 0 Å². The van der Waals surface area contributed by atoms with E-state index in [4.69, 9.17) is 9.25 Å². The molecule has 3 heteroatoms. The largest absolute Gasteiger partial charge is 0.444 e. The van der Waals surface area contributed by atoms with Crippen molar-refractivity contribution in [2.75, 3.05) is 18.2 Å². The van der Waals surface area contributed by atoms with Gasteiger partial charge in [-0.05, 0) is 19.4 Å². The van der Waals surface area contributed by atoms with Crippen LogP contribution in [0.15, 0.2) is 16.5 Å². The van der Waals surface area contributed by atoms with Gasteiger partial charge in [0.05, 0.1) is 13.2 Å². The van der Waals surface area contributed by atoms with Gasteiger partial charge < -0.3 is 4.42 Å². The van der Waals surface area contributed by atoms with Gasteiger partial charge in [-0.3, -0.25) is 4.84 Å². The summed E-state index contributed by atoms with van der Waals surface area (Å²) in [6, 6.07) is 3.87. The summed E-state index contributed by atoms with van der Waals surface area (Å²) in [5, 5.41) is 1.80. The van der Waals surface area contributed by atoms with Crippen molar-refractivity contribution in [1.29, 1.82) is 0 Å². The number of rotatable bonds is 1. The molecule has 3 nitrogen and oxygen atoms in total. The summed E-state index contributed by atoms with van der Waals surface area (Å²) in [4.78, 5) is 5.29. The van der Waals surface area contributed by atoms with Crippen LogP contribution in [0.3, 0.4) is 0 Å². The summed E-state index contributed by atoms with van der Waals surface area (Å²) in [5.41, 5.74) is 0. The third-order valence-corrected chi connectivity index (χ3v) is 1.72. The topological polar surface area (TPSA) is 25.6 Å². The van der Waals surface area contributed by atoms with E-state index in [-0.39, 0.29) is 0 Å². The molecular formula is C8H11NO2. The SMILES string of the molecule is Cc1ccc(N2CCCO2)o1. The normalized spacial score (nSPS) is 17.7. The van der Waals surface area contributed by atoms with Crippen LogP contribution in [0.1, 0.15) is 12.2 Å². The van der Waals surface area contributed by atoms with Crippen molar-refractivity contribution in [3.8, 4) is 0 Å². The number of anilines is 1. The van der Waals surface area contributed by atoms with Gasteiger partial charge in [-0.1, -0.05) is 0 Å². The molecule has 1 aromatic rings. The lowest BCUT2D eigenvalue weighted by Gasteiger charge is -2.10. The molecule has 1 saturated heterocycles. The fourth-order valence-electron chi connectivity index (χ4n) is 1.18. The highest BCUT2D eigenvalue weighted by Gasteiger charge is 2.15. The van der Waals surface area contributed by atoms with Crippen LogP contribution in [0.25, 0.3) is 0 Å². The van der Waals surface area contributed by atoms with Crippen LogP contribution < -0.4 is 5.06 Å².